The molecular formula is C42H77N3O4. The molecule has 0 aromatic carbocycles. The quantitative estimate of drug-likeness (QED) is 0.0398. The zero-order chi connectivity index (χ0) is 36.3. The molecule has 0 atom stereocenters. The summed E-state index contributed by atoms with van der Waals surface area (Å²) < 4.78 is 0. The molecule has 0 saturated heterocycles. The monoisotopic (exact) mass is 688 g/mol. The second-order valence-electron chi connectivity index (χ2n) is 12.9. The molecule has 7 nitrogen and oxygen atoms in total. The first-order valence-corrected chi connectivity index (χ1v) is 20.0. The van der Waals surface area contributed by atoms with Gasteiger partial charge >= 0.3 is 0 Å². The molecule has 0 spiro atoms. The second-order valence-corrected chi connectivity index (χ2v) is 12.9. The van der Waals surface area contributed by atoms with Gasteiger partial charge in [0.2, 0.25) is 11.8 Å². The summed E-state index contributed by atoms with van der Waals surface area (Å²) >= 11 is 0. The van der Waals surface area contributed by atoms with Crippen LogP contribution in [0.1, 0.15) is 175 Å². The van der Waals surface area contributed by atoms with Gasteiger partial charge in [-0.2, -0.15) is 0 Å². The van der Waals surface area contributed by atoms with Gasteiger partial charge in [-0.1, -0.05) is 127 Å². The predicted molar refractivity (Wildman–Crippen MR) is 211 cm³/mol. The summed E-state index contributed by atoms with van der Waals surface area (Å²) in [6.07, 6.45) is 46.0. The average molecular weight is 688 g/mol. The molecule has 0 fully saturated rings. The fraction of sp³-hybridized carbons (Fsp3) is 0.738. The Morgan fingerprint density at radius 3 is 1.10 bits per heavy atom. The lowest BCUT2D eigenvalue weighted by molar-refractivity contribution is -0.134. The SMILES string of the molecule is CC(=O)O.CCCCCC=CCC=CCCCCCCCC(=O)NCCNCCNC(=O)CCCCCCCC=CCC=CCCCCC. The highest BCUT2D eigenvalue weighted by atomic mass is 16.4. The smallest absolute Gasteiger partial charge is 0.300 e. The van der Waals surface area contributed by atoms with Gasteiger partial charge in [0, 0.05) is 45.9 Å². The Hall–Kier alpha value is -2.67. The average Bonchev–Trinajstić information content (AvgIpc) is 3.07. The van der Waals surface area contributed by atoms with Gasteiger partial charge in [0.15, 0.2) is 0 Å². The van der Waals surface area contributed by atoms with E-state index >= 15 is 0 Å². The Bertz CT molecular complexity index is 785. The Kier molecular flexibility index (Phi) is 42.9. The molecule has 7 heteroatoms. The third-order valence-corrected chi connectivity index (χ3v) is 7.96. The number of hydrogen-bond acceptors (Lipinski definition) is 4. The molecule has 49 heavy (non-hydrogen) atoms. The molecule has 0 aliphatic heterocycles. The summed E-state index contributed by atoms with van der Waals surface area (Å²) in [5.74, 6) is -0.540. The highest BCUT2D eigenvalue weighted by Crippen LogP contribution is 2.09. The lowest BCUT2D eigenvalue weighted by atomic mass is 10.1. The number of aliphatic carboxylic acids is 1. The number of carbonyl (C=O) groups excluding carboxylic acids is 2. The van der Waals surface area contributed by atoms with Crippen LogP contribution in [-0.4, -0.2) is 49.1 Å². The summed E-state index contributed by atoms with van der Waals surface area (Å²) in [5.41, 5.74) is 0. The van der Waals surface area contributed by atoms with Gasteiger partial charge in [-0.05, 0) is 77.0 Å². The first-order valence-electron chi connectivity index (χ1n) is 20.0. The summed E-state index contributed by atoms with van der Waals surface area (Å²) in [6.45, 7) is 8.31. The van der Waals surface area contributed by atoms with E-state index in [9.17, 15) is 9.59 Å². The van der Waals surface area contributed by atoms with E-state index < -0.39 is 5.97 Å². The lowest BCUT2D eigenvalue weighted by Crippen LogP contribution is -2.36. The minimum atomic E-state index is -0.833. The fourth-order valence-corrected chi connectivity index (χ4v) is 5.08. The van der Waals surface area contributed by atoms with Crippen LogP contribution in [0.5, 0.6) is 0 Å². The van der Waals surface area contributed by atoms with Crippen LogP contribution in [0.3, 0.4) is 0 Å². The number of amides is 2. The topological polar surface area (TPSA) is 108 Å². The van der Waals surface area contributed by atoms with E-state index in [1.807, 2.05) is 0 Å². The number of carboxylic acids is 1. The molecule has 0 saturated carbocycles. The van der Waals surface area contributed by atoms with Crippen molar-refractivity contribution in [2.75, 3.05) is 26.2 Å². The van der Waals surface area contributed by atoms with Gasteiger partial charge < -0.3 is 21.1 Å². The maximum atomic E-state index is 12.0. The minimum absolute atomic E-state index is 0.146. The van der Waals surface area contributed by atoms with Gasteiger partial charge in [-0.25, -0.2) is 0 Å². The Morgan fingerprint density at radius 2 is 0.755 bits per heavy atom. The van der Waals surface area contributed by atoms with Crippen LogP contribution in [0.25, 0.3) is 0 Å². The summed E-state index contributed by atoms with van der Waals surface area (Å²) in [6, 6.07) is 0. The second kappa shape index (κ2) is 43.4. The fourth-order valence-electron chi connectivity index (χ4n) is 5.08. The summed E-state index contributed by atoms with van der Waals surface area (Å²) in [4.78, 5) is 33.0. The van der Waals surface area contributed by atoms with E-state index in [4.69, 9.17) is 9.90 Å². The van der Waals surface area contributed by atoms with Crippen LogP contribution < -0.4 is 16.0 Å². The molecule has 0 unspecified atom stereocenters. The summed E-state index contributed by atoms with van der Waals surface area (Å²) in [5, 5.41) is 16.7. The third kappa shape index (κ3) is 49.8. The van der Waals surface area contributed by atoms with E-state index in [1.165, 1.54) is 89.9 Å². The van der Waals surface area contributed by atoms with Crippen LogP contribution in [0.4, 0.5) is 0 Å². The predicted octanol–water partition coefficient (Wildman–Crippen LogP) is 10.5. The number of unbranched alkanes of at least 4 members (excludes halogenated alkanes) is 16. The number of nitrogens with one attached hydrogen (secondary N) is 3. The zero-order valence-electron chi connectivity index (χ0n) is 32.1. The van der Waals surface area contributed by atoms with E-state index in [0.29, 0.717) is 25.9 Å². The van der Waals surface area contributed by atoms with Crippen molar-refractivity contribution in [2.45, 2.75) is 175 Å². The molecular weight excluding hydrogens is 610 g/mol. The highest BCUT2D eigenvalue weighted by molar-refractivity contribution is 5.76. The molecule has 0 radical (unpaired) electrons. The molecule has 284 valence electrons. The van der Waals surface area contributed by atoms with E-state index in [0.717, 1.165) is 71.4 Å². The van der Waals surface area contributed by atoms with E-state index in [-0.39, 0.29) is 11.8 Å². The molecule has 0 aliphatic rings. The molecule has 0 rings (SSSR count). The number of carbonyl (C=O) groups is 3. The first-order chi connectivity index (χ1) is 23.9. The minimum Gasteiger partial charge on any atom is -0.481 e. The Morgan fingerprint density at radius 1 is 0.449 bits per heavy atom. The van der Waals surface area contributed by atoms with Crippen LogP contribution in [0.15, 0.2) is 48.6 Å². The maximum Gasteiger partial charge on any atom is 0.300 e. The first kappa shape index (κ1) is 48.4. The standard InChI is InChI=1S/C40H73N3O2.C2H4O2/c1-3-5-7-9-11-13-15-17-19-21-23-25-27-29-31-33-39(44)42-37-35-41-36-38-43-40(45)34-32-30-28-26-24-22-20-18-16-14-12-10-8-6-4-2;1-2(3)4/h11-14,17-20,41H,3-10,15-16,21-38H2,1-2H3,(H,42,44)(H,43,45);1H3,(H,3,4). The molecule has 0 aliphatic carbocycles. The van der Waals surface area contributed by atoms with Crippen molar-refractivity contribution in [3.8, 4) is 0 Å². The van der Waals surface area contributed by atoms with Crippen molar-refractivity contribution in [1.29, 1.82) is 0 Å². The van der Waals surface area contributed by atoms with Gasteiger partial charge in [-0.15, -0.1) is 0 Å². The van der Waals surface area contributed by atoms with Crippen LogP contribution in [0, 0.1) is 0 Å². The van der Waals surface area contributed by atoms with Crippen molar-refractivity contribution >= 4 is 17.8 Å². The Labute approximate surface area is 302 Å². The highest BCUT2D eigenvalue weighted by Gasteiger charge is 2.02. The normalized spacial score (nSPS) is 11.5. The third-order valence-electron chi connectivity index (χ3n) is 7.96. The van der Waals surface area contributed by atoms with Gasteiger partial charge in [-0.3, -0.25) is 14.4 Å². The number of allylic oxidation sites excluding steroid dienone is 8. The van der Waals surface area contributed by atoms with Crippen LogP contribution in [0.2, 0.25) is 0 Å². The lowest BCUT2D eigenvalue weighted by Gasteiger charge is -2.08. The van der Waals surface area contributed by atoms with Crippen LogP contribution >= 0.6 is 0 Å². The Balaban J connectivity index is 0. The number of hydrogen-bond donors (Lipinski definition) is 4. The van der Waals surface area contributed by atoms with Gasteiger partial charge in [0.1, 0.15) is 0 Å². The van der Waals surface area contributed by atoms with Gasteiger partial charge in [0.05, 0.1) is 0 Å². The number of carboxylic acid groups (broad SMARTS) is 1. The van der Waals surface area contributed by atoms with Crippen LogP contribution in [-0.2, 0) is 14.4 Å². The molecule has 0 aromatic heterocycles. The largest absolute Gasteiger partial charge is 0.481 e. The van der Waals surface area contributed by atoms with Crippen molar-refractivity contribution in [3.05, 3.63) is 48.6 Å². The van der Waals surface area contributed by atoms with E-state index in [2.05, 4.69) is 78.4 Å². The zero-order valence-corrected chi connectivity index (χ0v) is 32.1. The van der Waals surface area contributed by atoms with Crippen molar-refractivity contribution in [2.24, 2.45) is 0 Å². The van der Waals surface area contributed by atoms with Crippen molar-refractivity contribution in [1.82, 2.24) is 16.0 Å². The number of rotatable bonds is 34. The van der Waals surface area contributed by atoms with E-state index in [1.54, 1.807) is 0 Å². The van der Waals surface area contributed by atoms with Crippen molar-refractivity contribution < 1.29 is 19.5 Å². The van der Waals surface area contributed by atoms with Gasteiger partial charge in [0.25, 0.3) is 5.97 Å². The molecule has 0 aromatic rings. The summed E-state index contributed by atoms with van der Waals surface area (Å²) in [7, 11) is 0. The molecule has 0 heterocycles. The maximum absolute atomic E-state index is 12.0. The molecule has 0 bridgehead atoms. The molecule has 4 N–H and O–H groups in total. The molecule has 2 amide bonds. The van der Waals surface area contributed by atoms with Crippen molar-refractivity contribution in [3.63, 3.8) is 0 Å².